The van der Waals surface area contributed by atoms with E-state index in [0.29, 0.717) is 5.92 Å². The van der Waals surface area contributed by atoms with Crippen LogP contribution in [0.25, 0.3) is 11.4 Å². The van der Waals surface area contributed by atoms with Crippen LogP contribution >= 0.6 is 0 Å². The molecule has 0 bridgehead atoms. The van der Waals surface area contributed by atoms with Gasteiger partial charge in [-0.2, -0.15) is 0 Å². The molecule has 4 rings (SSSR count). The highest BCUT2D eigenvalue weighted by atomic mass is 15.2. The van der Waals surface area contributed by atoms with Crippen molar-refractivity contribution >= 4 is 5.95 Å². The molecule has 0 aromatic carbocycles. The quantitative estimate of drug-likeness (QED) is 0.720. The fourth-order valence-corrected chi connectivity index (χ4v) is 3.53. The van der Waals surface area contributed by atoms with Crippen LogP contribution in [-0.2, 0) is 13.5 Å². The summed E-state index contributed by atoms with van der Waals surface area (Å²) in [5, 5.41) is 0. The number of piperidine rings is 1. The van der Waals surface area contributed by atoms with Gasteiger partial charge in [-0.25, -0.2) is 19.9 Å². The molecule has 1 saturated heterocycles. The maximum atomic E-state index is 4.84. The number of aromatic nitrogens is 6. The summed E-state index contributed by atoms with van der Waals surface area (Å²) < 4.78 is 2.04. The summed E-state index contributed by atoms with van der Waals surface area (Å²) in [6, 6.07) is 1.85. The van der Waals surface area contributed by atoms with E-state index in [-0.39, 0.29) is 0 Å². The first-order chi connectivity index (χ1) is 12.7. The largest absolute Gasteiger partial charge is 0.341 e. The third kappa shape index (κ3) is 3.42. The van der Waals surface area contributed by atoms with Gasteiger partial charge in [-0.3, -0.25) is 4.98 Å². The lowest BCUT2D eigenvalue weighted by molar-refractivity contribution is 0.406. The first-order valence-electron chi connectivity index (χ1n) is 9.02. The molecule has 0 spiro atoms. The molecule has 7 nitrogen and oxygen atoms in total. The molecule has 134 valence electrons. The van der Waals surface area contributed by atoms with Crippen LogP contribution in [0, 0.1) is 12.8 Å². The van der Waals surface area contributed by atoms with Gasteiger partial charge in [0, 0.05) is 38.7 Å². The minimum atomic E-state index is 0.533. The normalized spacial score (nSPS) is 17.5. The van der Waals surface area contributed by atoms with Gasteiger partial charge in [-0.15, -0.1) is 0 Å². The third-order valence-electron chi connectivity index (χ3n) is 5.02. The smallest absolute Gasteiger partial charge is 0.225 e. The lowest BCUT2D eigenvalue weighted by Gasteiger charge is -2.32. The number of hydrogen-bond donors (Lipinski definition) is 0. The van der Waals surface area contributed by atoms with Crippen LogP contribution in [0.1, 0.15) is 24.4 Å². The number of hydrogen-bond acceptors (Lipinski definition) is 6. The topological polar surface area (TPSA) is 72.6 Å². The minimum absolute atomic E-state index is 0.533. The Balaban J connectivity index is 1.49. The second kappa shape index (κ2) is 7.19. The predicted molar refractivity (Wildman–Crippen MR) is 99.6 cm³/mol. The number of anilines is 1. The summed E-state index contributed by atoms with van der Waals surface area (Å²) in [4.78, 5) is 24.7. The average molecular weight is 349 g/mol. The van der Waals surface area contributed by atoms with E-state index in [1.807, 2.05) is 43.2 Å². The van der Waals surface area contributed by atoms with E-state index in [1.165, 1.54) is 6.42 Å². The lowest BCUT2D eigenvalue weighted by Crippen LogP contribution is -2.37. The summed E-state index contributed by atoms with van der Waals surface area (Å²) in [6.45, 7) is 3.96. The van der Waals surface area contributed by atoms with E-state index in [4.69, 9.17) is 4.98 Å². The van der Waals surface area contributed by atoms with Gasteiger partial charge in [0.25, 0.3) is 0 Å². The Kier molecular flexibility index (Phi) is 4.60. The first-order valence-corrected chi connectivity index (χ1v) is 9.02. The zero-order valence-corrected chi connectivity index (χ0v) is 15.2. The Hall–Kier alpha value is -2.83. The van der Waals surface area contributed by atoms with Gasteiger partial charge in [-0.05, 0) is 38.2 Å². The Morgan fingerprint density at radius 3 is 2.73 bits per heavy atom. The van der Waals surface area contributed by atoms with Crippen molar-refractivity contribution < 1.29 is 0 Å². The van der Waals surface area contributed by atoms with Crippen LogP contribution in [0.2, 0.25) is 0 Å². The Morgan fingerprint density at radius 2 is 1.96 bits per heavy atom. The SMILES string of the molecule is Cc1ncc(-c2cncc(C[C@@H]3CCCN(c4ncccn4)C3)n2)n1C. The van der Waals surface area contributed by atoms with Crippen LogP contribution in [-0.4, -0.2) is 42.6 Å². The summed E-state index contributed by atoms with van der Waals surface area (Å²) in [5.41, 5.74) is 2.91. The molecular weight excluding hydrogens is 326 g/mol. The second-order valence-electron chi connectivity index (χ2n) is 6.85. The van der Waals surface area contributed by atoms with E-state index in [0.717, 1.165) is 54.8 Å². The van der Waals surface area contributed by atoms with Crippen LogP contribution in [0.4, 0.5) is 5.95 Å². The van der Waals surface area contributed by atoms with E-state index < -0.39 is 0 Å². The highest BCUT2D eigenvalue weighted by Crippen LogP contribution is 2.24. The van der Waals surface area contributed by atoms with Crippen molar-refractivity contribution in [1.29, 1.82) is 0 Å². The first kappa shape index (κ1) is 16.6. The van der Waals surface area contributed by atoms with Crippen LogP contribution in [0.15, 0.2) is 37.1 Å². The lowest BCUT2D eigenvalue weighted by atomic mass is 9.93. The van der Waals surface area contributed by atoms with Crippen LogP contribution in [0.3, 0.4) is 0 Å². The summed E-state index contributed by atoms with van der Waals surface area (Å²) in [7, 11) is 2.00. The van der Waals surface area contributed by atoms with Crippen molar-refractivity contribution in [2.24, 2.45) is 13.0 Å². The highest BCUT2D eigenvalue weighted by Gasteiger charge is 2.22. The molecule has 0 unspecified atom stereocenters. The molecule has 1 aliphatic heterocycles. The molecule has 4 heterocycles. The van der Waals surface area contributed by atoms with Crippen molar-refractivity contribution in [1.82, 2.24) is 29.5 Å². The van der Waals surface area contributed by atoms with Gasteiger partial charge in [0.15, 0.2) is 0 Å². The van der Waals surface area contributed by atoms with Gasteiger partial charge in [-0.1, -0.05) is 0 Å². The highest BCUT2D eigenvalue weighted by molar-refractivity contribution is 5.53. The summed E-state index contributed by atoms with van der Waals surface area (Å²) >= 11 is 0. The number of aryl methyl sites for hydroxylation is 1. The monoisotopic (exact) mass is 349 g/mol. The summed E-state index contributed by atoms with van der Waals surface area (Å²) in [6.07, 6.45) is 12.4. The second-order valence-corrected chi connectivity index (χ2v) is 6.85. The molecule has 0 amide bonds. The molecule has 0 saturated carbocycles. The predicted octanol–water partition coefficient (Wildman–Crippen LogP) is 2.43. The Labute approximate surface area is 153 Å². The zero-order chi connectivity index (χ0) is 17.9. The van der Waals surface area contributed by atoms with Gasteiger partial charge in [0.05, 0.1) is 23.8 Å². The van der Waals surface area contributed by atoms with Gasteiger partial charge < -0.3 is 9.47 Å². The molecular formula is C19H23N7. The number of imidazole rings is 1. The zero-order valence-electron chi connectivity index (χ0n) is 15.2. The summed E-state index contributed by atoms with van der Waals surface area (Å²) in [5.74, 6) is 2.32. The standard InChI is InChI=1S/C19H23N7/c1-14-23-12-18(25(14)2)17-11-20-10-16(24-17)9-15-5-3-8-26(13-15)19-21-6-4-7-22-19/h4,6-7,10-12,15H,3,5,8-9,13H2,1-2H3/t15-/m0/s1. The molecule has 3 aromatic rings. The van der Waals surface area contributed by atoms with Gasteiger partial charge in [0.1, 0.15) is 11.5 Å². The van der Waals surface area contributed by atoms with Gasteiger partial charge >= 0.3 is 0 Å². The number of nitrogens with zero attached hydrogens (tertiary/aromatic N) is 7. The molecule has 26 heavy (non-hydrogen) atoms. The van der Waals surface area contributed by atoms with E-state index >= 15 is 0 Å². The van der Waals surface area contributed by atoms with Crippen molar-refractivity contribution in [3.05, 3.63) is 48.6 Å². The van der Waals surface area contributed by atoms with Crippen LogP contribution < -0.4 is 4.90 Å². The van der Waals surface area contributed by atoms with Crippen molar-refractivity contribution in [2.75, 3.05) is 18.0 Å². The number of rotatable bonds is 4. The van der Waals surface area contributed by atoms with Gasteiger partial charge in [0.2, 0.25) is 5.95 Å². The Bertz CT molecular complexity index is 875. The third-order valence-corrected chi connectivity index (χ3v) is 5.02. The maximum Gasteiger partial charge on any atom is 0.225 e. The minimum Gasteiger partial charge on any atom is -0.341 e. The average Bonchev–Trinajstić information content (AvgIpc) is 3.02. The molecule has 7 heteroatoms. The van der Waals surface area contributed by atoms with Crippen molar-refractivity contribution in [3.8, 4) is 11.4 Å². The molecule has 1 aliphatic rings. The van der Waals surface area contributed by atoms with E-state index in [9.17, 15) is 0 Å². The Morgan fingerprint density at radius 1 is 1.12 bits per heavy atom. The fourth-order valence-electron chi connectivity index (χ4n) is 3.53. The van der Waals surface area contributed by atoms with Crippen molar-refractivity contribution in [2.45, 2.75) is 26.2 Å². The van der Waals surface area contributed by atoms with Crippen molar-refractivity contribution in [3.63, 3.8) is 0 Å². The van der Waals surface area contributed by atoms with E-state index in [2.05, 4.69) is 24.8 Å². The van der Waals surface area contributed by atoms with Crippen LogP contribution in [0.5, 0.6) is 0 Å². The molecule has 1 atom stereocenters. The maximum absolute atomic E-state index is 4.84. The molecule has 0 N–H and O–H groups in total. The molecule has 3 aromatic heterocycles. The molecule has 0 aliphatic carbocycles. The fraction of sp³-hybridized carbons (Fsp3) is 0.421. The van der Waals surface area contributed by atoms with E-state index in [1.54, 1.807) is 12.4 Å². The molecule has 0 radical (unpaired) electrons. The molecule has 1 fully saturated rings.